The molecule has 0 aromatic heterocycles. The highest BCUT2D eigenvalue weighted by molar-refractivity contribution is 6.34. The van der Waals surface area contributed by atoms with Gasteiger partial charge in [0.25, 0.3) is 5.91 Å². The van der Waals surface area contributed by atoms with Gasteiger partial charge in [-0.3, -0.25) is 4.79 Å². The van der Waals surface area contributed by atoms with E-state index in [2.05, 4.69) is 0 Å². The zero-order valence-electron chi connectivity index (χ0n) is 9.45. The summed E-state index contributed by atoms with van der Waals surface area (Å²) in [5, 5.41) is 0.993. The summed E-state index contributed by atoms with van der Waals surface area (Å²) in [5.41, 5.74) is 0. The van der Waals surface area contributed by atoms with Crippen molar-refractivity contribution in [3.8, 4) is 5.75 Å². The highest BCUT2D eigenvalue weighted by Gasteiger charge is 2.26. The van der Waals surface area contributed by atoms with Crippen LogP contribution in [-0.4, -0.2) is 30.0 Å². The van der Waals surface area contributed by atoms with Crippen molar-refractivity contribution >= 4 is 29.1 Å². The number of nitrogens with zero attached hydrogens (tertiary/aromatic N) is 1. The Kier molecular flexibility index (Phi) is 3.79. The van der Waals surface area contributed by atoms with Gasteiger partial charge in [0.2, 0.25) is 0 Å². The van der Waals surface area contributed by atoms with Crippen molar-refractivity contribution in [3.05, 3.63) is 28.2 Å². The summed E-state index contributed by atoms with van der Waals surface area (Å²) in [7, 11) is 0. The molecule has 2 rings (SSSR count). The molecule has 1 saturated heterocycles. The summed E-state index contributed by atoms with van der Waals surface area (Å²) in [6.07, 6.45) is 0.561. The number of carbonyl (C=O) groups excluding carboxylic acids is 1. The Morgan fingerprint density at radius 1 is 1.29 bits per heavy atom. The predicted molar refractivity (Wildman–Crippen MR) is 67.7 cm³/mol. The van der Waals surface area contributed by atoms with Crippen molar-refractivity contribution < 1.29 is 9.53 Å². The van der Waals surface area contributed by atoms with Gasteiger partial charge in [-0.2, -0.15) is 0 Å². The van der Waals surface area contributed by atoms with Crippen LogP contribution in [-0.2, 0) is 4.79 Å². The van der Waals surface area contributed by atoms with Crippen LogP contribution < -0.4 is 4.74 Å². The molecule has 1 aromatic rings. The minimum Gasteiger partial charge on any atom is -0.481 e. The van der Waals surface area contributed by atoms with E-state index < -0.39 is 6.10 Å². The second-order valence-electron chi connectivity index (χ2n) is 4.04. The molecule has 0 N–H and O–H groups in total. The minimum atomic E-state index is -0.509. The Labute approximate surface area is 110 Å². The normalized spacial score (nSPS) is 16.3. The lowest BCUT2D eigenvalue weighted by Gasteiger charge is -2.33. The average molecular weight is 274 g/mol. The van der Waals surface area contributed by atoms with Crippen molar-refractivity contribution in [2.24, 2.45) is 0 Å². The summed E-state index contributed by atoms with van der Waals surface area (Å²) in [4.78, 5) is 13.6. The lowest BCUT2D eigenvalue weighted by Crippen LogP contribution is -2.47. The zero-order chi connectivity index (χ0) is 12.4. The smallest absolute Gasteiger partial charge is 0.263 e. The fourth-order valence-electron chi connectivity index (χ4n) is 1.64. The molecule has 0 spiro atoms. The van der Waals surface area contributed by atoms with Crippen LogP contribution in [0.3, 0.4) is 0 Å². The average Bonchev–Trinajstić information content (AvgIpc) is 2.12. The van der Waals surface area contributed by atoms with E-state index in [-0.39, 0.29) is 5.91 Å². The van der Waals surface area contributed by atoms with Gasteiger partial charge in [0.15, 0.2) is 6.10 Å². The molecule has 1 amide bonds. The first-order chi connectivity index (χ1) is 8.06. The van der Waals surface area contributed by atoms with Gasteiger partial charge in [-0.15, -0.1) is 0 Å². The van der Waals surface area contributed by atoms with Gasteiger partial charge in [0.05, 0.1) is 0 Å². The van der Waals surface area contributed by atoms with Gasteiger partial charge in [-0.25, -0.2) is 0 Å². The summed E-state index contributed by atoms with van der Waals surface area (Å²) in [6.45, 7) is 3.38. The minimum absolute atomic E-state index is 0.00680. The Balaban J connectivity index is 2.01. The summed E-state index contributed by atoms with van der Waals surface area (Å²) in [6, 6.07) is 4.92. The van der Waals surface area contributed by atoms with Gasteiger partial charge in [-0.1, -0.05) is 23.2 Å². The van der Waals surface area contributed by atoms with E-state index in [1.54, 1.807) is 30.0 Å². The number of rotatable bonds is 3. The molecule has 1 aliphatic heterocycles. The van der Waals surface area contributed by atoms with E-state index in [1.807, 2.05) is 0 Å². The number of carbonyl (C=O) groups is 1. The van der Waals surface area contributed by atoms with Crippen molar-refractivity contribution in [1.29, 1.82) is 0 Å². The molecular weight excluding hydrogens is 261 g/mol. The molecule has 1 fully saturated rings. The quantitative estimate of drug-likeness (QED) is 0.848. The van der Waals surface area contributed by atoms with Crippen LogP contribution in [0.15, 0.2) is 18.2 Å². The summed E-state index contributed by atoms with van der Waals surface area (Å²) < 4.78 is 5.53. The van der Waals surface area contributed by atoms with E-state index in [0.29, 0.717) is 15.8 Å². The first-order valence-electron chi connectivity index (χ1n) is 5.48. The first-order valence-corrected chi connectivity index (χ1v) is 6.23. The van der Waals surface area contributed by atoms with Crippen LogP contribution in [0.2, 0.25) is 10.0 Å². The fraction of sp³-hybridized carbons (Fsp3) is 0.417. The van der Waals surface area contributed by atoms with E-state index in [4.69, 9.17) is 27.9 Å². The lowest BCUT2D eigenvalue weighted by molar-refractivity contribution is -0.141. The maximum Gasteiger partial charge on any atom is 0.263 e. The highest BCUT2D eigenvalue weighted by Crippen LogP contribution is 2.25. The van der Waals surface area contributed by atoms with Gasteiger partial charge in [-0.05, 0) is 31.5 Å². The van der Waals surface area contributed by atoms with E-state index >= 15 is 0 Å². The largest absolute Gasteiger partial charge is 0.481 e. The second kappa shape index (κ2) is 5.15. The van der Waals surface area contributed by atoms with Gasteiger partial charge >= 0.3 is 0 Å². The summed E-state index contributed by atoms with van der Waals surface area (Å²) >= 11 is 11.7. The van der Waals surface area contributed by atoms with Gasteiger partial charge in [0.1, 0.15) is 5.75 Å². The molecule has 3 nitrogen and oxygen atoms in total. The van der Waals surface area contributed by atoms with Crippen LogP contribution in [0.25, 0.3) is 0 Å². The molecule has 1 aliphatic rings. The van der Waals surface area contributed by atoms with Crippen molar-refractivity contribution in [2.45, 2.75) is 19.4 Å². The van der Waals surface area contributed by atoms with Crippen LogP contribution in [0.5, 0.6) is 5.75 Å². The Morgan fingerprint density at radius 2 is 1.88 bits per heavy atom. The van der Waals surface area contributed by atoms with E-state index in [9.17, 15) is 4.79 Å². The highest BCUT2D eigenvalue weighted by atomic mass is 35.5. The Hall–Kier alpha value is -0.930. The van der Waals surface area contributed by atoms with Crippen LogP contribution in [0, 0.1) is 0 Å². The fourth-order valence-corrected chi connectivity index (χ4v) is 2.15. The van der Waals surface area contributed by atoms with E-state index in [1.165, 1.54) is 0 Å². The first kappa shape index (κ1) is 12.5. The van der Waals surface area contributed by atoms with Gasteiger partial charge < -0.3 is 9.64 Å². The molecular formula is C12H13Cl2NO2. The molecule has 0 aliphatic carbocycles. The maximum atomic E-state index is 11.8. The predicted octanol–water partition coefficient (Wildman–Crippen LogP) is 2.99. The molecule has 5 heteroatoms. The molecule has 17 heavy (non-hydrogen) atoms. The Morgan fingerprint density at radius 3 is 2.35 bits per heavy atom. The molecule has 0 saturated carbocycles. The second-order valence-corrected chi connectivity index (χ2v) is 4.92. The third kappa shape index (κ3) is 3.05. The molecule has 1 heterocycles. The number of likely N-dealkylation sites (tertiary alicyclic amines) is 1. The molecule has 1 atom stereocenters. The SMILES string of the molecule is C[C@@H](Oc1cc(Cl)cc(Cl)c1)C(=O)N1CCC1. The number of hydrogen-bond acceptors (Lipinski definition) is 2. The monoisotopic (exact) mass is 273 g/mol. The van der Waals surface area contributed by atoms with Gasteiger partial charge in [0, 0.05) is 23.1 Å². The van der Waals surface area contributed by atoms with E-state index in [0.717, 1.165) is 19.5 Å². The van der Waals surface area contributed by atoms with Crippen molar-refractivity contribution in [2.75, 3.05) is 13.1 Å². The molecule has 92 valence electrons. The number of halogens is 2. The number of ether oxygens (including phenoxy) is 1. The third-order valence-electron chi connectivity index (χ3n) is 2.66. The molecule has 0 bridgehead atoms. The number of hydrogen-bond donors (Lipinski definition) is 0. The van der Waals surface area contributed by atoms with Crippen molar-refractivity contribution in [3.63, 3.8) is 0 Å². The standard InChI is InChI=1S/C12H13Cl2NO2/c1-8(12(16)15-3-2-4-15)17-11-6-9(13)5-10(14)7-11/h5-8H,2-4H2,1H3/t8-/m1/s1. The van der Waals surface area contributed by atoms with Crippen molar-refractivity contribution in [1.82, 2.24) is 4.90 Å². The zero-order valence-corrected chi connectivity index (χ0v) is 11.0. The Bertz CT molecular complexity index is 412. The third-order valence-corrected chi connectivity index (χ3v) is 3.10. The lowest BCUT2D eigenvalue weighted by atomic mass is 10.2. The number of benzene rings is 1. The van der Waals surface area contributed by atoms with Crippen LogP contribution in [0.1, 0.15) is 13.3 Å². The molecule has 1 aromatic carbocycles. The topological polar surface area (TPSA) is 29.5 Å². The molecule has 0 unspecified atom stereocenters. The number of amides is 1. The molecule has 0 radical (unpaired) electrons. The maximum absolute atomic E-state index is 11.8. The summed E-state index contributed by atoms with van der Waals surface area (Å²) in [5.74, 6) is 0.524. The van der Waals surface area contributed by atoms with Crippen LogP contribution in [0.4, 0.5) is 0 Å². The van der Waals surface area contributed by atoms with Crippen LogP contribution >= 0.6 is 23.2 Å².